The van der Waals surface area contributed by atoms with Crippen LogP contribution in [0.15, 0.2) is 18.2 Å². The highest BCUT2D eigenvalue weighted by Crippen LogP contribution is 2.34. The largest absolute Gasteiger partial charge is 0.497 e. The number of nitrogens with two attached hydrogens (primary N) is 1. The number of hydrogen-bond donors (Lipinski definition) is 2. The molecule has 0 bridgehead atoms. The molecule has 6 heteroatoms. The fourth-order valence-electron chi connectivity index (χ4n) is 2.33. The lowest BCUT2D eigenvalue weighted by atomic mass is 10.1. The third-order valence-electron chi connectivity index (χ3n) is 3.34. The molecule has 1 aliphatic rings. The van der Waals surface area contributed by atoms with E-state index in [1.807, 2.05) is 0 Å². The molecule has 108 valence electrons. The van der Waals surface area contributed by atoms with E-state index in [-0.39, 0.29) is 17.7 Å². The van der Waals surface area contributed by atoms with Crippen LogP contribution in [0.25, 0.3) is 0 Å². The number of carbonyl (C=O) groups excluding carboxylic acids is 2. The number of methoxy groups -OCH3 is 1. The van der Waals surface area contributed by atoms with Crippen LogP contribution in [0.1, 0.15) is 13.3 Å². The Morgan fingerprint density at radius 3 is 2.85 bits per heavy atom. The quantitative estimate of drug-likeness (QED) is 0.858. The Hall–Kier alpha value is -2.08. The summed E-state index contributed by atoms with van der Waals surface area (Å²) in [5, 5.41) is 2.74. The van der Waals surface area contributed by atoms with Gasteiger partial charge in [0.2, 0.25) is 11.8 Å². The fraction of sp³-hybridized carbons (Fsp3) is 0.429. The SMILES string of the molecule is COc1ccc(NC(C)=O)c(N2CC(CN)CC2=O)c1. The van der Waals surface area contributed by atoms with Gasteiger partial charge in [0, 0.05) is 26.0 Å². The highest BCUT2D eigenvalue weighted by molar-refractivity contribution is 6.02. The van der Waals surface area contributed by atoms with Gasteiger partial charge in [-0.1, -0.05) is 0 Å². The number of amides is 2. The van der Waals surface area contributed by atoms with Crippen molar-refractivity contribution >= 4 is 23.2 Å². The molecule has 1 unspecified atom stereocenters. The van der Waals surface area contributed by atoms with Crippen LogP contribution < -0.4 is 20.7 Å². The van der Waals surface area contributed by atoms with E-state index in [9.17, 15) is 9.59 Å². The number of nitrogens with one attached hydrogen (secondary N) is 1. The number of ether oxygens (including phenoxy) is 1. The summed E-state index contributed by atoms with van der Waals surface area (Å²) in [6.45, 7) is 2.47. The van der Waals surface area contributed by atoms with Crippen LogP contribution in [-0.4, -0.2) is 32.0 Å². The standard InChI is InChI=1S/C14H19N3O3/c1-9(18)16-12-4-3-11(20-2)6-13(12)17-8-10(7-15)5-14(17)19/h3-4,6,10H,5,7-8,15H2,1-2H3,(H,16,18). The van der Waals surface area contributed by atoms with Crippen molar-refractivity contribution < 1.29 is 14.3 Å². The molecule has 0 aromatic heterocycles. The molecule has 6 nitrogen and oxygen atoms in total. The Morgan fingerprint density at radius 2 is 2.30 bits per heavy atom. The minimum absolute atomic E-state index is 0.0142. The Morgan fingerprint density at radius 1 is 1.55 bits per heavy atom. The average Bonchev–Trinajstić information content (AvgIpc) is 2.80. The zero-order valence-electron chi connectivity index (χ0n) is 11.7. The minimum atomic E-state index is -0.182. The first kappa shape index (κ1) is 14.3. The van der Waals surface area contributed by atoms with Crippen LogP contribution in [0.2, 0.25) is 0 Å². The molecular weight excluding hydrogens is 258 g/mol. The molecule has 20 heavy (non-hydrogen) atoms. The molecule has 1 aromatic rings. The maximum atomic E-state index is 12.1. The summed E-state index contributed by atoms with van der Waals surface area (Å²) in [7, 11) is 1.56. The average molecular weight is 277 g/mol. The van der Waals surface area contributed by atoms with Crippen LogP contribution in [0.3, 0.4) is 0 Å². The second-order valence-electron chi connectivity index (χ2n) is 4.87. The monoisotopic (exact) mass is 277 g/mol. The van der Waals surface area contributed by atoms with E-state index in [2.05, 4.69) is 5.32 Å². The van der Waals surface area contributed by atoms with Gasteiger partial charge in [-0.2, -0.15) is 0 Å². The lowest BCUT2D eigenvalue weighted by Gasteiger charge is -2.21. The molecular formula is C14H19N3O3. The normalized spacial score (nSPS) is 18.2. The van der Waals surface area contributed by atoms with Crippen LogP contribution in [-0.2, 0) is 9.59 Å². The highest BCUT2D eigenvalue weighted by atomic mass is 16.5. The van der Waals surface area contributed by atoms with Crippen molar-refractivity contribution in [3.63, 3.8) is 0 Å². The van der Waals surface area contributed by atoms with Gasteiger partial charge in [0.15, 0.2) is 0 Å². The molecule has 0 saturated carbocycles. The van der Waals surface area contributed by atoms with Gasteiger partial charge >= 0.3 is 0 Å². The van der Waals surface area contributed by atoms with Crippen LogP contribution in [0.5, 0.6) is 5.75 Å². The van der Waals surface area contributed by atoms with Gasteiger partial charge in [-0.3, -0.25) is 9.59 Å². The van der Waals surface area contributed by atoms with Crippen molar-refractivity contribution in [2.24, 2.45) is 11.7 Å². The highest BCUT2D eigenvalue weighted by Gasteiger charge is 2.31. The molecule has 1 heterocycles. The second kappa shape index (κ2) is 5.92. The van der Waals surface area contributed by atoms with Gasteiger partial charge in [0.05, 0.1) is 18.5 Å². The first-order valence-corrected chi connectivity index (χ1v) is 6.51. The van der Waals surface area contributed by atoms with E-state index >= 15 is 0 Å². The molecule has 1 saturated heterocycles. The Bertz CT molecular complexity index is 530. The van der Waals surface area contributed by atoms with Gasteiger partial charge in [0.25, 0.3) is 0 Å². The molecule has 0 spiro atoms. The number of hydrogen-bond acceptors (Lipinski definition) is 4. The van der Waals surface area contributed by atoms with Crippen molar-refractivity contribution in [1.29, 1.82) is 0 Å². The van der Waals surface area contributed by atoms with E-state index in [0.717, 1.165) is 0 Å². The van der Waals surface area contributed by atoms with E-state index < -0.39 is 0 Å². The van der Waals surface area contributed by atoms with Crippen molar-refractivity contribution in [1.82, 2.24) is 0 Å². The smallest absolute Gasteiger partial charge is 0.227 e. The Labute approximate surface area is 117 Å². The topological polar surface area (TPSA) is 84.7 Å². The molecule has 2 amide bonds. The number of benzene rings is 1. The van der Waals surface area contributed by atoms with Gasteiger partial charge in [-0.05, 0) is 24.6 Å². The maximum Gasteiger partial charge on any atom is 0.227 e. The van der Waals surface area contributed by atoms with Crippen molar-refractivity contribution in [3.8, 4) is 5.75 Å². The molecule has 1 aliphatic heterocycles. The van der Waals surface area contributed by atoms with E-state index in [4.69, 9.17) is 10.5 Å². The fourth-order valence-corrected chi connectivity index (χ4v) is 2.33. The summed E-state index contributed by atoms with van der Waals surface area (Å²) >= 11 is 0. The lowest BCUT2D eigenvalue weighted by molar-refractivity contribution is -0.117. The predicted octanol–water partition coefficient (Wildman–Crippen LogP) is 0.965. The molecule has 0 aliphatic carbocycles. The van der Waals surface area contributed by atoms with Gasteiger partial charge < -0.3 is 20.7 Å². The van der Waals surface area contributed by atoms with E-state index in [1.54, 1.807) is 30.2 Å². The number of anilines is 2. The first-order valence-electron chi connectivity index (χ1n) is 6.51. The summed E-state index contributed by atoms with van der Waals surface area (Å²) in [6, 6.07) is 5.23. The molecule has 1 atom stereocenters. The third kappa shape index (κ3) is 2.91. The summed E-state index contributed by atoms with van der Waals surface area (Å²) in [6.07, 6.45) is 0.438. The van der Waals surface area contributed by atoms with Gasteiger partial charge in [-0.25, -0.2) is 0 Å². The van der Waals surface area contributed by atoms with Crippen molar-refractivity contribution in [3.05, 3.63) is 18.2 Å². The maximum absolute atomic E-state index is 12.1. The first-order chi connectivity index (χ1) is 9.55. The van der Waals surface area contributed by atoms with Crippen LogP contribution in [0.4, 0.5) is 11.4 Å². The molecule has 0 radical (unpaired) electrons. The van der Waals surface area contributed by atoms with Crippen LogP contribution in [0, 0.1) is 5.92 Å². The molecule has 1 fully saturated rings. The Balaban J connectivity index is 2.37. The predicted molar refractivity (Wildman–Crippen MR) is 76.8 cm³/mol. The van der Waals surface area contributed by atoms with Crippen LogP contribution >= 0.6 is 0 Å². The third-order valence-corrected chi connectivity index (χ3v) is 3.34. The molecule has 3 N–H and O–H groups in total. The molecule has 2 rings (SSSR count). The van der Waals surface area contributed by atoms with E-state index in [1.165, 1.54) is 6.92 Å². The second-order valence-corrected chi connectivity index (χ2v) is 4.87. The minimum Gasteiger partial charge on any atom is -0.497 e. The summed E-state index contributed by atoms with van der Waals surface area (Å²) < 4.78 is 5.19. The number of rotatable bonds is 4. The van der Waals surface area contributed by atoms with Gasteiger partial charge in [-0.15, -0.1) is 0 Å². The zero-order chi connectivity index (χ0) is 14.7. The van der Waals surface area contributed by atoms with Crippen molar-refractivity contribution in [2.45, 2.75) is 13.3 Å². The lowest BCUT2D eigenvalue weighted by Crippen LogP contribution is -2.27. The Kier molecular flexibility index (Phi) is 4.24. The summed E-state index contributed by atoms with van der Waals surface area (Å²) in [4.78, 5) is 25.0. The summed E-state index contributed by atoms with van der Waals surface area (Å²) in [5.74, 6) is 0.621. The van der Waals surface area contributed by atoms with E-state index in [0.29, 0.717) is 36.6 Å². The van der Waals surface area contributed by atoms with Gasteiger partial charge in [0.1, 0.15) is 5.75 Å². The summed E-state index contributed by atoms with van der Waals surface area (Å²) in [5.41, 5.74) is 6.89. The number of carbonyl (C=O) groups is 2. The molecule has 1 aromatic carbocycles. The zero-order valence-corrected chi connectivity index (χ0v) is 11.7. The number of nitrogens with zero attached hydrogens (tertiary/aromatic N) is 1. The van der Waals surface area contributed by atoms with Crippen molar-refractivity contribution in [2.75, 3.05) is 30.4 Å².